The van der Waals surface area contributed by atoms with E-state index in [9.17, 15) is 4.79 Å². The van der Waals surface area contributed by atoms with Crippen molar-refractivity contribution >= 4 is 5.78 Å². The Balaban J connectivity index is 0.000000399. The van der Waals surface area contributed by atoms with E-state index in [0.717, 1.165) is 37.0 Å². The number of piperidine rings is 1. The van der Waals surface area contributed by atoms with Crippen LogP contribution in [0.15, 0.2) is 30.3 Å². The number of nitrogens with zero attached hydrogens (tertiary/aromatic N) is 2. The van der Waals surface area contributed by atoms with Gasteiger partial charge in [0, 0.05) is 5.56 Å². The lowest BCUT2D eigenvalue weighted by molar-refractivity contribution is -0.923. The summed E-state index contributed by atoms with van der Waals surface area (Å²) >= 11 is 0. The maximum atomic E-state index is 11.2. The highest BCUT2D eigenvalue weighted by Gasteiger charge is 2.28. The van der Waals surface area contributed by atoms with Gasteiger partial charge < -0.3 is 19.8 Å². The first-order valence-corrected chi connectivity index (χ1v) is 6.12. The number of carbonyl (C=O) groups is 1. The second-order valence-electron chi connectivity index (χ2n) is 4.97. The van der Waals surface area contributed by atoms with Crippen LogP contribution in [-0.4, -0.2) is 35.5 Å². The van der Waals surface area contributed by atoms with Gasteiger partial charge in [-0.1, -0.05) is 30.3 Å². The molecule has 104 valence electrons. The van der Waals surface area contributed by atoms with Crippen LogP contribution in [-0.2, 0) is 11.3 Å². The zero-order valence-corrected chi connectivity index (χ0v) is 10.9. The Morgan fingerprint density at radius 2 is 1.63 bits per heavy atom. The first-order valence-electron chi connectivity index (χ1n) is 6.12. The van der Waals surface area contributed by atoms with Crippen LogP contribution in [0.1, 0.15) is 18.4 Å². The number of hydrogen-bond donors (Lipinski definition) is 0. The van der Waals surface area contributed by atoms with Crippen molar-refractivity contribution in [1.82, 2.24) is 0 Å². The number of Topliss-reactive ketones (excluding diaryl/α,β-unsaturated/α-hetero) is 1. The van der Waals surface area contributed by atoms with Crippen molar-refractivity contribution in [2.45, 2.75) is 19.4 Å². The molecule has 1 aromatic carbocycles. The summed E-state index contributed by atoms with van der Waals surface area (Å²) in [6.07, 6.45) is 1.51. The summed E-state index contributed by atoms with van der Waals surface area (Å²) in [6.45, 7) is 3.04. The predicted octanol–water partition coefficient (Wildman–Crippen LogP) is 1.76. The van der Waals surface area contributed by atoms with Crippen molar-refractivity contribution in [2.75, 3.05) is 20.1 Å². The fourth-order valence-corrected chi connectivity index (χ4v) is 2.21. The molecule has 0 atom stereocenters. The molecule has 6 nitrogen and oxygen atoms in total. The van der Waals surface area contributed by atoms with Gasteiger partial charge in [-0.2, -0.15) is 0 Å². The molecule has 0 bridgehead atoms. The van der Waals surface area contributed by atoms with Crippen LogP contribution in [0.2, 0.25) is 0 Å². The van der Waals surface area contributed by atoms with Gasteiger partial charge in [0.25, 0.3) is 0 Å². The van der Waals surface area contributed by atoms with Gasteiger partial charge in [-0.3, -0.25) is 4.79 Å². The minimum absolute atomic E-state index is 0.429. The Bertz CT molecular complexity index is 420. The molecule has 1 aromatic rings. The molecule has 1 aliphatic heterocycles. The van der Waals surface area contributed by atoms with Crippen LogP contribution in [0, 0.1) is 15.3 Å². The fourth-order valence-electron chi connectivity index (χ4n) is 2.21. The van der Waals surface area contributed by atoms with Crippen LogP contribution in [0.5, 0.6) is 0 Å². The molecule has 1 heterocycles. The molecule has 19 heavy (non-hydrogen) atoms. The van der Waals surface area contributed by atoms with E-state index in [-0.39, 0.29) is 0 Å². The van der Waals surface area contributed by atoms with Crippen LogP contribution in [0.25, 0.3) is 0 Å². The van der Waals surface area contributed by atoms with Crippen molar-refractivity contribution in [2.24, 2.45) is 0 Å². The third-order valence-corrected chi connectivity index (χ3v) is 3.27. The quantitative estimate of drug-likeness (QED) is 0.464. The number of likely N-dealkylation sites (tertiary alicyclic amines) is 1. The molecule has 0 amide bonds. The molecule has 6 heteroatoms. The fraction of sp³-hybridized carbons (Fsp3) is 0.462. The molecular weight excluding hydrogens is 248 g/mol. The molecule has 0 saturated carbocycles. The number of ketones is 1. The minimum Gasteiger partial charge on any atom is -0.356 e. The summed E-state index contributed by atoms with van der Waals surface area (Å²) in [4.78, 5) is 19.4. The second-order valence-corrected chi connectivity index (χ2v) is 4.97. The van der Waals surface area contributed by atoms with Gasteiger partial charge in [0.1, 0.15) is 12.3 Å². The number of quaternary nitrogens is 1. The summed E-state index contributed by atoms with van der Waals surface area (Å²) in [5.41, 5.74) is 1.37. The van der Waals surface area contributed by atoms with Gasteiger partial charge in [0.2, 0.25) is 0 Å². The zero-order valence-electron chi connectivity index (χ0n) is 10.9. The standard InChI is InChI=1S/C13H18NO.NO3/c1-14(9-7-13(15)8-10-14)11-12-5-3-2-4-6-12;2-1(3)4/h2-6H,7-11H2,1H3;/q+1;-1. The minimum atomic E-state index is -1.75. The highest BCUT2D eigenvalue weighted by atomic mass is 16.9. The van der Waals surface area contributed by atoms with Crippen LogP contribution < -0.4 is 0 Å². The van der Waals surface area contributed by atoms with Crippen molar-refractivity contribution in [3.8, 4) is 0 Å². The van der Waals surface area contributed by atoms with E-state index >= 15 is 0 Å². The molecule has 0 unspecified atom stereocenters. The topological polar surface area (TPSA) is 83.3 Å². The molecule has 0 spiro atoms. The maximum Gasteiger partial charge on any atom is 0.144 e. The third kappa shape index (κ3) is 5.96. The first-order chi connectivity index (χ1) is 8.91. The normalized spacial score (nSPS) is 17.2. The van der Waals surface area contributed by atoms with Gasteiger partial charge >= 0.3 is 0 Å². The SMILES string of the molecule is C[N+]1(Cc2ccccc2)CCC(=O)CC1.O=[N+]([O-])[O-]. The van der Waals surface area contributed by atoms with Crippen molar-refractivity contribution < 1.29 is 14.4 Å². The average molecular weight is 266 g/mol. The number of hydrogen-bond acceptors (Lipinski definition) is 4. The molecule has 2 rings (SSSR count). The van der Waals surface area contributed by atoms with E-state index in [2.05, 4.69) is 31.3 Å². The van der Waals surface area contributed by atoms with E-state index < -0.39 is 5.09 Å². The van der Waals surface area contributed by atoms with E-state index in [1.165, 1.54) is 5.56 Å². The second kappa shape index (κ2) is 6.84. The lowest BCUT2D eigenvalue weighted by Gasteiger charge is -2.37. The Morgan fingerprint density at radius 1 is 1.16 bits per heavy atom. The van der Waals surface area contributed by atoms with Gasteiger partial charge in [-0.15, -0.1) is 0 Å². The summed E-state index contributed by atoms with van der Waals surface area (Å²) in [7, 11) is 2.25. The van der Waals surface area contributed by atoms with Crippen molar-refractivity contribution in [3.05, 3.63) is 51.2 Å². The van der Waals surface area contributed by atoms with Gasteiger partial charge in [-0.25, -0.2) is 0 Å². The maximum absolute atomic E-state index is 11.2. The first kappa shape index (κ1) is 15.1. The van der Waals surface area contributed by atoms with Crippen molar-refractivity contribution in [3.63, 3.8) is 0 Å². The average Bonchev–Trinajstić information content (AvgIpc) is 2.34. The molecule has 1 aliphatic rings. The largest absolute Gasteiger partial charge is 0.356 e. The van der Waals surface area contributed by atoms with Crippen LogP contribution in [0.4, 0.5) is 0 Å². The van der Waals surface area contributed by atoms with Crippen LogP contribution >= 0.6 is 0 Å². The van der Waals surface area contributed by atoms with E-state index in [1.54, 1.807) is 0 Å². The predicted molar refractivity (Wildman–Crippen MR) is 70.7 cm³/mol. The van der Waals surface area contributed by atoms with Crippen molar-refractivity contribution in [1.29, 1.82) is 0 Å². The molecule has 1 fully saturated rings. The Kier molecular flexibility index (Phi) is 5.44. The smallest absolute Gasteiger partial charge is 0.144 e. The molecule has 0 aliphatic carbocycles. The monoisotopic (exact) mass is 266 g/mol. The van der Waals surface area contributed by atoms with E-state index in [0.29, 0.717) is 5.78 Å². The zero-order chi connectivity index (χ0) is 14.3. The van der Waals surface area contributed by atoms with E-state index in [4.69, 9.17) is 15.3 Å². The number of benzene rings is 1. The van der Waals surface area contributed by atoms with Gasteiger partial charge in [-0.05, 0) is 0 Å². The highest BCUT2D eigenvalue weighted by molar-refractivity contribution is 5.78. The summed E-state index contributed by atoms with van der Waals surface area (Å²) in [6, 6.07) is 10.5. The molecule has 0 N–H and O–H groups in total. The summed E-state index contributed by atoms with van der Waals surface area (Å²) in [5, 5.41) is 14.8. The Morgan fingerprint density at radius 3 is 2.11 bits per heavy atom. The van der Waals surface area contributed by atoms with Gasteiger partial charge in [0.15, 0.2) is 0 Å². The summed E-state index contributed by atoms with van der Waals surface area (Å²) < 4.78 is 1.01. The third-order valence-electron chi connectivity index (χ3n) is 3.27. The van der Waals surface area contributed by atoms with Crippen LogP contribution in [0.3, 0.4) is 0 Å². The molecular formula is C13H18N2O4. The lowest BCUT2D eigenvalue weighted by atomic mass is 10.1. The van der Waals surface area contributed by atoms with Gasteiger partial charge in [0.05, 0.1) is 38.1 Å². The molecule has 1 saturated heterocycles. The lowest BCUT2D eigenvalue weighted by Crippen LogP contribution is -2.49. The summed E-state index contributed by atoms with van der Waals surface area (Å²) in [5.74, 6) is 0.429. The Hall–Kier alpha value is -1.95. The number of carbonyl (C=O) groups excluding carboxylic acids is 1. The molecule has 0 radical (unpaired) electrons. The number of rotatable bonds is 2. The van der Waals surface area contributed by atoms with E-state index in [1.807, 2.05) is 6.07 Å². The molecule has 0 aromatic heterocycles. The highest BCUT2D eigenvalue weighted by Crippen LogP contribution is 2.18. The Labute approximate surface area is 112 Å².